The van der Waals surface area contributed by atoms with Crippen LogP contribution in [0.3, 0.4) is 0 Å². The summed E-state index contributed by atoms with van der Waals surface area (Å²) in [7, 11) is 1.90. The summed E-state index contributed by atoms with van der Waals surface area (Å²) >= 11 is 0. The zero-order valence-corrected chi connectivity index (χ0v) is 11.3. The molecule has 2 rings (SSSR count). The van der Waals surface area contributed by atoms with Crippen molar-refractivity contribution >= 4 is 5.91 Å². The van der Waals surface area contributed by atoms with Crippen LogP contribution in [0, 0.1) is 0 Å². The van der Waals surface area contributed by atoms with E-state index in [0.29, 0.717) is 0 Å². The number of carbonyl (C=O) groups excluding carboxylic acids is 1. The van der Waals surface area contributed by atoms with E-state index >= 15 is 0 Å². The van der Waals surface area contributed by atoms with Gasteiger partial charge in [-0.05, 0) is 26.3 Å². The highest BCUT2D eigenvalue weighted by molar-refractivity contribution is 5.83. The van der Waals surface area contributed by atoms with Crippen molar-refractivity contribution in [1.29, 1.82) is 0 Å². The van der Waals surface area contributed by atoms with Crippen LogP contribution in [-0.4, -0.2) is 44.7 Å². The maximum absolute atomic E-state index is 12.4. The number of aromatic nitrogens is 3. The van der Waals surface area contributed by atoms with Crippen LogP contribution in [0.2, 0.25) is 0 Å². The monoisotopic (exact) mass is 251 g/mol. The second-order valence-electron chi connectivity index (χ2n) is 4.76. The van der Waals surface area contributed by atoms with Gasteiger partial charge in [-0.2, -0.15) is 0 Å². The van der Waals surface area contributed by atoms with Crippen LogP contribution in [0.5, 0.6) is 0 Å². The van der Waals surface area contributed by atoms with Crippen LogP contribution in [0.1, 0.15) is 38.6 Å². The van der Waals surface area contributed by atoms with Gasteiger partial charge in [0.25, 0.3) is 0 Å². The maximum atomic E-state index is 12.4. The number of aryl methyl sites for hydroxylation is 1. The van der Waals surface area contributed by atoms with E-state index in [1.807, 2.05) is 30.4 Å². The molecule has 0 spiro atoms. The molecule has 1 saturated heterocycles. The minimum absolute atomic E-state index is 0.0218. The molecule has 100 valence electrons. The van der Waals surface area contributed by atoms with E-state index in [0.717, 1.165) is 31.8 Å². The molecular weight excluding hydrogens is 230 g/mol. The van der Waals surface area contributed by atoms with Gasteiger partial charge >= 0.3 is 0 Å². The zero-order chi connectivity index (χ0) is 13.1. The van der Waals surface area contributed by atoms with Crippen LogP contribution >= 0.6 is 0 Å². The molecule has 1 aliphatic rings. The van der Waals surface area contributed by atoms with Gasteiger partial charge in [0.05, 0.1) is 12.1 Å². The third-order valence-corrected chi connectivity index (χ3v) is 3.51. The van der Waals surface area contributed by atoms with Crippen molar-refractivity contribution in [3.8, 4) is 0 Å². The third kappa shape index (κ3) is 2.38. The number of hydrogen-bond donors (Lipinski definition) is 1. The van der Waals surface area contributed by atoms with Crippen molar-refractivity contribution in [3.63, 3.8) is 0 Å². The summed E-state index contributed by atoms with van der Waals surface area (Å²) in [5.74, 6) is 1.01. The zero-order valence-electron chi connectivity index (χ0n) is 11.3. The largest absolute Gasteiger partial charge is 0.331 e. The first-order valence-corrected chi connectivity index (χ1v) is 6.53. The van der Waals surface area contributed by atoms with Crippen LogP contribution in [-0.2, 0) is 11.8 Å². The van der Waals surface area contributed by atoms with Crippen molar-refractivity contribution in [1.82, 2.24) is 25.0 Å². The lowest BCUT2D eigenvalue weighted by atomic mass is 10.0. The molecule has 2 atom stereocenters. The van der Waals surface area contributed by atoms with Crippen LogP contribution < -0.4 is 5.32 Å². The fourth-order valence-corrected chi connectivity index (χ4v) is 2.53. The fraction of sp³-hybridized carbons (Fsp3) is 0.750. The third-order valence-electron chi connectivity index (χ3n) is 3.51. The highest BCUT2D eigenvalue weighted by atomic mass is 16.2. The SMILES string of the molecule is CCNC1CCCN(C(C)c2nncn2C)C1=O. The molecule has 1 aromatic heterocycles. The second kappa shape index (κ2) is 5.48. The Hall–Kier alpha value is -1.43. The molecule has 0 saturated carbocycles. The van der Waals surface area contributed by atoms with Gasteiger partial charge in [-0.3, -0.25) is 4.79 Å². The van der Waals surface area contributed by atoms with E-state index in [1.54, 1.807) is 6.33 Å². The summed E-state index contributed by atoms with van der Waals surface area (Å²) in [4.78, 5) is 14.3. The summed E-state index contributed by atoms with van der Waals surface area (Å²) < 4.78 is 1.87. The van der Waals surface area contributed by atoms with E-state index in [1.165, 1.54) is 0 Å². The Kier molecular flexibility index (Phi) is 3.96. The molecule has 0 aromatic carbocycles. The summed E-state index contributed by atoms with van der Waals surface area (Å²) in [6, 6.07) is -0.0640. The smallest absolute Gasteiger partial charge is 0.240 e. The van der Waals surface area contributed by atoms with Gasteiger partial charge in [-0.15, -0.1) is 10.2 Å². The lowest BCUT2D eigenvalue weighted by Gasteiger charge is -2.36. The second-order valence-corrected chi connectivity index (χ2v) is 4.76. The number of rotatable bonds is 4. The normalized spacial score (nSPS) is 22.3. The molecule has 1 aliphatic heterocycles. The Balaban J connectivity index is 2.12. The van der Waals surface area contributed by atoms with Crippen LogP contribution in [0.15, 0.2) is 6.33 Å². The van der Waals surface area contributed by atoms with Crippen molar-refractivity contribution in [2.45, 2.75) is 38.8 Å². The topological polar surface area (TPSA) is 63.0 Å². The number of carbonyl (C=O) groups is 1. The predicted octanol–water partition coefficient (Wildman–Crippen LogP) is 0.477. The molecule has 0 aliphatic carbocycles. The number of likely N-dealkylation sites (N-methyl/N-ethyl adjacent to an activating group) is 1. The molecule has 18 heavy (non-hydrogen) atoms. The van der Waals surface area contributed by atoms with Gasteiger partial charge < -0.3 is 14.8 Å². The summed E-state index contributed by atoms with van der Waals surface area (Å²) in [5.41, 5.74) is 0. The first-order valence-electron chi connectivity index (χ1n) is 6.53. The van der Waals surface area contributed by atoms with Gasteiger partial charge in [0, 0.05) is 13.6 Å². The summed E-state index contributed by atoms with van der Waals surface area (Å²) in [6.07, 6.45) is 3.63. The maximum Gasteiger partial charge on any atom is 0.240 e. The number of hydrogen-bond acceptors (Lipinski definition) is 4. The standard InChI is InChI=1S/C12H21N5O/c1-4-13-10-6-5-7-17(12(10)18)9(2)11-15-14-8-16(11)3/h8-10,13H,4-7H2,1-3H3. The molecule has 1 amide bonds. The number of amides is 1. The van der Waals surface area contributed by atoms with E-state index in [-0.39, 0.29) is 18.0 Å². The van der Waals surface area contributed by atoms with Gasteiger partial charge in [0.1, 0.15) is 6.33 Å². The Morgan fingerprint density at radius 1 is 1.61 bits per heavy atom. The Labute approximate surface area is 107 Å². The van der Waals surface area contributed by atoms with Crippen molar-refractivity contribution in [3.05, 3.63) is 12.2 Å². The molecule has 0 bridgehead atoms. The minimum Gasteiger partial charge on any atom is -0.331 e. The average molecular weight is 251 g/mol. The van der Waals surface area contributed by atoms with Gasteiger partial charge in [-0.1, -0.05) is 6.92 Å². The van der Waals surface area contributed by atoms with E-state index in [4.69, 9.17) is 0 Å². The van der Waals surface area contributed by atoms with Crippen LogP contribution in [0.25, 0.3) is 0 Å². The molecule has 2 heterocycles. The molecule has 6 heteroatoms. The lowest BCUT2D eigenvalue weighted by molar-refractivity contribution is -0.138. The van der Waals surface area contributed by atoms with Crippen molar-refractivity contribution < 1.29 is 4.79 Å². The first kappa shape index (κ1) is 13.0. The molecular formula is C12H21N5O. The Bertz CT molecular complexity index is 414. The molecule has 1 fully saturated rings. The minimum atomic E-state index is -0.0422. The van der Waals surface area contributed by atoms with E-state index in [2.05, 4.69) is 15.5 Å². The van der Waals surface area contributed by atoms with Gasteiger partial charge in [0.2, 0.25) is 5.91 Å². The molecule has 2 unspecified atom stereocenters. The molecule has 1 N–H and O–H groups in total. The molecule has 0 radical (unpaired) electrons. The summed E-state index contributed by atoms with van der Waals surface area (Å²) in [5, 5.41) is 11.2. The Morgan fingerprint density at radius 2 is 2.39 bits per heavy atom. The average Bonchev–Trinajstić information content (AvgIpc) is 2.78. The highest BCUT2D eigenvalue weighted by Gasteiger charge is 2.32. The van der Waals surface area contributed by atoms with E-state index < -0.39 is 0 Å². The number of piperidine rings is 1. The lowest BCUT2D eigenvalue weighted by Crippen LogP contribution is -2.51. The molecule has 1 aromatic rings. The number of likely N-dealkylation sites (tertiary alicyclic amines) is 1. The predicted molar refractivity (Wildman–Crippen MR) is 67.8 cm³/mol. The van der Waals surface area contributed by atoms with Gasteiger partial charge in [0.15, 0.2) is 5.82 Å². The van der Waals surface area contributed by atoms with Gasteiger partial charge in [-0.25, -0.2) is 0 Å². The fourth-order valence-electron chi connectivity index (χ4n) is 2.53. The number of nitrogens with one attached hydrogen (secondary N) is 1. The summed E-state index contributed by atoms with van der Waals surface area (Å²) in [6.45, 7) is 5.66. The van der Waals surface area contributed by atoms with Crippen molar-refractivity contribution in [2.24, 2.45) is 7.05 Å². The Morgan fingerprint density at radius 3 is 3.00 bits per heavy atom. The van der Waals surface area contributed by atoms with Crippen LogP contribution in [0.4, 0.5) is 0 Å². The van der Waals surface area contributed by atoms with Crippen molar-refractivity contribution in [2.75, 3.05) is 13.1 Å². The quantitative estimate of drug-likeness (QED) is 0.845. The highest BCUT2D eigenvalue weighted by Crippen LogP contribution is 2.23. The van der Waals surface area contributed by atoms with E-state index in [9.17, 15) is 4.79 Å². The first-order chi connectivity index (χ1) is 8.65. The number of nitrogens with zero attached hydrogens (tertiary/aromatic N) is 4. The molecule has 6 nitrogen and oxygen atoms in total.